The molecule has 5 heteroatoms. The molecule has 1 N–H and O–H groups in total. The minimum atomic E-state index is -0.480. The van der Waals surface area contributed by atoms with Gasteiger partial charge >= 0.3 is 0 Å². The average molecular weight is 245 g/mol. The van der Waals surface area contributed by atoms with Crippen LogP contribution in [0.1, 0.15) is 0 Å². The lowest BCUT2D eigenvalue weighted by Gasteiger charge is -1.95. The minimum Gasteiger partial charge on any atom is -0.333 e. The molecule has 0 aliphatic rings. The van der Waals surface area contributed by atoms with E-state index in [-0.39, 0.29) is 0 Å². The van der Waals surface area contributed by atoms with E-state index in [2.05, 4.69) is 15.0 Å². The fourth-order valence-electron chi connectivity index (χ4n) is 1.52. The van der Waals surface area contributed by atoms with Gasteiger partial charge in [0.25, 0.3) is 0 Å². The van der Waals surface area contributed by atoms with Crippen molar-refractivity contribution < 1.29 is 4.39 Å². The standard InChI is InChI=1S/C12H8FN3S/c13-10-6-3-7-11(16-10)17-12-14-8-4-1-2-5-9(8)15-12/h1-7H,(H,14,15). The van der Waals surface area contributed by atoms with Crippen LogP contribution >= 0.6 is 11.8 Å². The van der Waals surface area contributed by atoms with E-state index in [4.69, 9.17) is 0 Å². The first-order valence-electron chi connectivity index (χ1n) is 5.06. The van der Waals surface area contributed by atoms with Crippen molar-refractivity contribution in [2.24, 2.45) is 0 Å². The second-order valence-corrected chi connectivity index (χ2v) is 4.47. The second-order valence-electron chi connectivity index (χ2n) is 3.46. The quantitative estimate of drug-likeness (QED) is 0.705. The third-order valence-corrected chi connectivity index (χ3v) is 3.08. The van der Waals surface area contributed by atoms with Crippen molar-refractivity contribution in [3.63, 3.8) is 0 Å². The molecule has 3 rings (SSSR count). The fraction of sp³-hybridized carbons (Fsp3) is 0. The van der Waals surface area contributed by atoms with E-state index in [0.29, 0.717) is 10.2 Å². The lowest BCUT2D eigenvalue weighted by Crippen LogP contribution is -1.84. The van der Waals surface area contributed by atoms with Crippen molar-refractivity contribution in [3.8, 4) is 0 Å². The molecule has 17 heavy (non-hydrogen) atoms. The zero-order valence-corrected chi connectivity index (χ0v) is 9.54. The molecular formula is C12H8FN3S. The number of imidazole rings is 1. The predicted octanol–water partition coefficient (Wildman–Crippen LogP) is 3.25. The number of aromatic nitrogens is 3. The van der Waals surface area contributed by atoms with Gasteiger partial charge in [0.05, 0.1) is 11.0 Å². The summed E-state index contributed by atoms with van der Waals surface area (Å²) < 4.78 is 12.9. The molecule has 0 fully saturated rings. The summed E-state index contributed by atoms with van der Waals surface area (Å²) >= 11 is 1.31. The number of hydrogen-bond donors (Lipinski definition) is 1. The molecule has 3 nitrogen and oxygen atoms in total. The Bertz CT molecular complexity index is 632. The lowest BCUT2D eigenvalue weighted by atomic mass is 10.3. The highest BCUT2D eigenvalue weighted by Gasteiger charge is 2.05. The number of nitrogens with one attached hydrogen (secondary N) is 1. The lowest BCUT2D eigenvalue weighted by molar-refractivity contribution is 0.572. The van der Waals surface area contributed by atoms with Crippen LogP contribution in [-0.2, 0) is 0 Å². The van der Waals surface area contributed by atoms with Gasteiger partial charge in [0.1, 0.15) is 5.03 Å². The Hall–Kier alpha value is -1.88. The van der Waals surface area contributed by atoms with E-state index < -0.39 is 5.95 Å². The van der Waals surface area contributed by atoms with Crippen molar-refractivity contribution in [1.29, 1.82) is 0 Å². The van der Waals surface area contributed by atoms with Crippen molar-refractivity contribution in [2.75, 3.05) is 0 Å². The molecule has 0 saturated heterocycles. The number of hydrogen-bond acceptors (Lipinski definition) is 3. The number of benzene rings is 1. The van der Waals surface area contributed by atoms with E-state index in [9.17, 15) is 4.39 Å². The molecule has 3 aromatic rings. The molecule has 0 amide bonds. The van der Waals surface area contributed by atoms with Crippen LogP contribution < -0.4 is 0 Å². The summed E-state index contributed by atoms with van der Waals surface area (Å²) in [4.78, 5) is 11.3. The number of halogens is 1. The van der Waals surface area contributed by atoms with Gasteiger partial charge < -0.3 is 4.98 Å². The van der Waals surface area contributed by atoms with Gasteiger partial charge in [0, 0.05) is 0 Å². The van der Waals surface area contributed by atoms with Crippen LogP contribution in [0.25, 0.3) is 11.0 Å². The molecule has 2 heterocycles. The van der Waals surface area contributed by atoms with Crippen molar-refractivity contribution in [1.82, 2.24) is 15.0 Å². The second kappa shape index (κ2) is 4.18. The van der Waals surface area contributed by atoms with Gasteiger partial charge in [-0.25, -0.2) is 9.97 Å². The van der Waals surface area contributed by atoms with Gasteiger partial charge in [-0.1, -0.05) is 18.2 Å². The number of pyridine rings is 1. The van der Waals surface area contributed by atoms with Gasteiger partial charge in [-0.15, -0.1) is 0 Å². The van der Waals surface area contributed by atoms with E-state index >= 15 is 0 Å². The van der Waals surface area contributed by atoms with Crippen LogP contribution in [0.2, 0.25) is 0 Å². The summed E-state index contributed by atoms with van der Waals surface area (Å²) in [7, 11) is 0. The summed E-state index contributed by atoms with van der Waals surface area (Å²) in [6.07, 6.45) is 0. The van der Waals surface area contributed by atoms with Crippen LogP contribution in [-0.4, -0.2) is 15.0 Å². The predicted molar refractivity (Wildman–Crippen MR) is 64.4 cm³/mol. The molecule has 1 aromatic carbocycles. The normalized spacial score (nSPS) is 10.9. The van der Waals surface area contributed by atoms with Gasteiger partial charge in [-0.2, -0.15) is 4.39 Å². The largest absolute Gasteiger partial charge is 0.333 e. The van der Waals surface area contributed by atoms with Gasteiger partial charge in [-0.3, -0.25) is 0 Å². The van der Waals surface area contributed by atoms with Crippen molar-refractivity contribution in [2.45, 2.75) is 10.2 Å². The maximum atomic E-state index is 12.9. The number of para-hydroxylation sites is 2. The summed E-state index contributed by atoms with van der Waals surface area (Å²) in [6.45, 7) is 0. The minimum absolute atomic E-state index is 0.480. The highest BCUT2D eigenvalue weighted by atomic mass is 32.2. The summed E-state index contributed by atoms with van der Waals surface area (Å²) in [5.74, 6) is -0.480. The third kappa shape index (κ3) is 2.14. The number of H-pyrrole nitrogens is 1. The molecule has 0 unspecified atom stereocenters. The Morgan fingerprint density at radius 2 is 1.88 bits per heavy atom. The van der Waals surface area contributed by atoms with Crippen LogP contribution in [0.15, 0.2) is 52.6 Å². The zero-order chi connectivity index (χ0) is 11.7. The fourth-order valence-corrected chi connectivity index (χ4v) is 2.31. The zero-order valence-electron chi connectivity index (χ0n) is 8.72. The first kappa shape index (κ1) is 10.3. The Labute approximate surface area is 101 Å². The molecule has 0 spiro atoms. The number of fused-ring (bicyclic) bond motifs is 1. The molecule has 0 radical (unpaired) electrons. The first-order valence-corrected chi connectivity index (χ1v) is 5.88. The van der Waals surface area contributed by atoms with Gasteiger partial charge in [0.2, 0.25) is 5.95 Å². The molecule has 0 saturated carbocycles. The summed E-state index contributed by atoms with van der Waals surface area (Å²) in [6, 6.07) is 12.4. The topological polar surface area (TPSA) is 41.6 Å². The van der Waals surface area contributed by atoms with Crippen molar-refractivity contribution >= 4 is 22.8 Å². The van der Waals surface area contributed by atoms with Crippen LogP contribution in [0.4, 0.5) is 4.39 Å². The van der Waals surface area contributed by atoms with E-state index in [1.807, 2.05) is 24.3 Å². The number of aromatic amines is 1. The molecule has 0 bridgehead atoms. The Morgan fingerprint density at radius 1 is 1.00 bits per heavy atom. The SMILES string of the molecule is Fc1cccc(Sc2nc3ccccc3[nH]2)n1. The number of rotatable bonds is 2. The summed E-state index contributed by atoms with van der Waals surface area (Å²) in [5.41, 5.74) is 1.86. The molecular weight excluding hydrogens is 237 g/mol. The third-order valence-electron chi connectivity index (χ3n) is 2.26. The number of nitrogens with zero attached hydrogens (tertiary/aromatic N) is 2. The van der Waals surface area contributed by atoms with E-state index in [1.165, 1.54) is 17.8 Å². The molecule has 2 aromatic heterocycles. The van der Waals surface area contributed by atoms with Crippen LogP contribution in [0.5, 0.6) is 0 Å². The summed E-state index contributed by atoms with van der Waals surface area (Å²) in [5, 5.41) is 1.30. The monoisotopic (exact) mass is 245 g/mol. The Balaban J connectivity index is 1.94. The maximum absolute atomic E-state index is 12.9. The smallest absolute Gasteiger partial charge is 0.213 e. The van der Waals surface area contributed by atoms with Gasteiger partial charge in [0.15, 0.2) is 5.16 Å². The average Bonchev–Trinajstić information content (AvgIpc) is 2.71. The molecule has 84 valence electrons. The van der Waals surface area contributed by atoms with Gasteiger partial charge in [-0.05, 0) is 36.0 Å². The first-order chi connectivity index (χ1) is 8.31. The van der Waals surface area contributed by atoms with E-state index in [1.54, 1.807) is 12.1 Å². The maximum Gasteiger partial charge on any atom is 0.213 e. The molecule has 0 aliphatic carbocycles. The highest BCUT2D eigenvalue weighted by molar-refractivity contribution is 7.99. The highest BCUT2D eigenvalue weighted by Crippen LogP contribution is 2.25. The van der Waals surface area contributed by atoms with E-state index in [0.717, 1.165) is 11.0 Å². The Kier molecular flexibility index (Phi) is 2.53. The Morgan fingerprint density at radius 3 is 2.71 bits per heavy atom. The van der Waals surface area contributed by atoms with Crippen molar-refractivity contribution in [3.05, 3.63) is 48.4 Å². The molecule has 0 aliphatic heterocycles. The van der Waals surface area contributed by atoms with Crippen LogP contribution in [0, 0.1) is 5.95 Å². The van der Waals surface area contributed by atoms with Crippen LogP contribution in [0.3, 0.4) is 0 Å². The molecule has 0 atom stereocenters.